The first kappa shape index (κ1) is 10.4. The standard InChI is InChI=1S/C16H17N/c17-16-7-2-1-6-15(16)14-10-8-13(9-11-14)12-4-3-5-12/h1-2,6-12H,3-5,17H2. The van der Waals surface area contributed by atoms with E-state index in [1.165, 1.54) is 30.4 Å². The van der Waals surface area contributed by atoms with Gasteiger partial charge in [-0.15, -0.1) is 0 Å². The molecule has 2 aromatic rings. The summed E-state index contributed by atoms with van der Waals surface area (Å²) < 4.78 is 0. The van der Waals surface area contributed by atoms with Crippen molar-refractivity contribution in [3.05, 3.63) is 54.1 Å². The molecule has 1 aliphatic carbocycles. The van der Waals surface area contributed by atoms with E-state index in [9.17, 15) is 0 Å². The molecule has 1 saturated carbocycles. The van der Waals surface area contributed by atoms with Gasteiger partial charge in [0.25, 0.3) is 0 Å². The van der Waals surface area contributed by atoms with Gasteiger partial charge in [0.05, 0.1) is 0 Å². The quantitative estimate of drug-likeness (QED) is 0.758. The molecule has 3 rings (SSSR count). The molecule has 1 aliphatic rings. The molecule has 1 nitrogen and oxygen atoms in total. The van der Waals surface area contributed by atoms with Crippen molar-refractivity contribution in [1.82, 2.24) is 0 Å². The molecule has 86 valence electrons. The lowest BCUT2D eigenvalue weighted by molar-refractivity contribution is 0.420. The molecule has 0 aromatic heterocycles. The van der Waals surface area contributed by atoms with Crippen molar-refractivity contribution in [2.75, 3.05) is 5.73 Å². The molecule has 0 aliphatic heterocycles. The molecule has 0 unspecified atom stereocenters. The van der Waals surface area contributed by atoms with Crippen LogP contribution < -0.4 is 5.73 Å². The Morgan fingerprint density at radius 1 is 0.882 bits per heavy atom. The average molecular weight is 223 g/mol. The molecule has 0 heterocycles. The Morgan fingerprint density at radius 3 is 2.18 bits per heavy atom. The number of anilines is 1. The minimum atomic E-state index is 0.803. The number of nitrogen functional groups attached to an aromatic ring is 1. The molecule has 0 saturated heterocycles. The van der Waals surface area contributed by atoms with Crippen LogP contribution in [-0.4, -0.2) is 0 Å². The third-order valence-corrected chi connectivity index (χ3v) is 3.76. The Balaban J connectivity index is 1.91. The number of hydrogen-bond donors (Lipinski definition) is 1. The van der Waals surface area contributed by atoms with Crippen LogP contribution in [0.5, 0.6) is 0 Å². The van der Waals surface area contributed by atoms with Gasteiger partial charge in [-0.25, -0.2) is 0 Å². The maximum absolute atomic E-state index is 5.99. The first-order valence-electron chi connectivity index (χ1n) is 6.29. The normalized spacial score (nSPS) is 15.5. The second-order valence-corrected chi connectivity index (χ2v) is 4.84. The molecule has 2 N–H and O–H groups in total. The Bertz CT molecular complexity index is 509. The van der Waals surface area contributed by atoms with Crippen LogP contribution in [0.1, 0.15) is 30.7 Å². The molecule has 1 heteroatoms. The number of rotatable bonds is 2. The smallest absolute Gasteiger partial charge is 0.0393 e. The van der Waals surface area contributed by atoms with Gasteiger partial charge in [0, 0.05) is 11.3 Å². The first-order chi connectivity index (χ1) is 8.34. The van der Waals surface area contributed by atoms with Crippen LogP contribution in [0.4, 0.5) is 5.69 Å². The fourth-order valence-electron chi connectivity index (χ4n) is 2.44. The molecular formula is C16H17N. The number of benzene rings is 2. The Hall–Kier alpha value is -1.76. The molecule has 17 heavy (non-hydrogen) atoms. The van der Waals surface area contributed by atoms with E-state index in [2.05, 4.69) is 30.3 Å². The lowest BCUT2D eigenvalue weighted by Crippen LogP contribution is -2.08. The summed E-state index contributed by atoms with van der Waals surface area (Å²) in [5.74, 6) is 0.803. The van der Waals surface area contributed by atoms with Crippen LogP contribution >= 0.6 is 0 Å². The minimum Gasteiger partial charge on any atom is -0.398 e. The van der Waals surface area contributed by atoms with Crippen LogP contribution in [0.15, 0.2) is 48.5 Å². The molecule has 1 fully saturated rings. The topological polar surface area (TPSA) is 26.0 Å². The minimum absolute atomic E-state index is 0.803. The molecule has 2 aromatic carbocycles. The van der Waals surface area contributed by atoms with Gasteiger partial charge in [-0.3, -0.25) is 0 Å². The number of para-hydroxylation sites is 1. The van der Waals surface area contributed by atoms with Gasteiger partial charge < -0.3 is 5.73 Å². The average Bonchev–Trinajstić information content (AvgIpc) is 2.29. The van der Waals surface area contributed by atoms with Gasteiger partial charge in [0.2, 0.25) is 0 Å². The highest BCUT2D eigenvalue weighted by molar-refractivity contribution is 5.76. The van der Waals surface area contributed by atoms with E-state index < -0.39 is 0 Å². The van der Waals surface area contributed by atoms with E-state index in [-0.39, 0.29) is 0 Å². The van der Waals surface area contributed by atoms with Gasteiger partial charge >= 0.3 is 0 Å². The van der Waals surface area contributed by atoms with E-state index in [4.69, 9.17) is 5.73 Å². The van der Waals surface area contributed by atoms with Crippen molar-refractivity contribution in [3.8, 4) is 11.1 Å². The SMILES string of the molecule is Nc1ccccc1-c1ccc(C2CCC2)cc1. The Morgan fingerprint density at radius 2 is 1.59 bits per heavy atom. The van der Waals surface area contributed by atoms with Crippen LogP contribution in [0.2, 0.25) is 0 Å². The van der Waals surface area contributed by atoms with Crippen molar-refractivity contribution in [2.24, 2.45) is 0 Å². The third-order valence-electron chi connectivity index (χ3n) is 3.76. The van der Waals surface area contributed by atoms with Crippen LogP contribution in [0, 0.1) is 0 Å². The molecular weight excluding hydrogens is 206 g/mol. The predicted molar refractivity (Wildman–Crippen MR) is 72.9 cm³/mol. The van der Waals surface area contributed by atoms with Gasteiger partial charge in [-0.2, -0.15) is 0 Å². The summed E-state index contributed by atoms with van der Waals surface area (Å²) in [4.78, 5) is 0. The van der Waals surface area contributed by atoms with Gasteiger partial charge in [0.15, 0.2) is 0 Å². The van der Waals surface area contributed by atoms with Gasteiger partial charge in [0.1, 0.15) is 0 Å². The van der Waals surface area contributed by atoms with Crippen molar-refractivity contribution >= 4 is 5.69 Å². The summed E-state index contributed by atoms with van der Waals surface area (Å²) in [5, 5.41) is 0. The van der Waals surface area contributed by atoms with E-state index in [0.29, 0.717) is 0 Å². The fraction of sp³-hybridized carbons (Fsp3) is 0.250. The predicted octanol–water partition coefficient (Wildman–Crippen LogP) is 4.20. The molecule has 0 atom stereocenters. The lowest BCUT2D eigenvalue weighted by atomic mass is 9.80. The van der Waals surface area contributed by atoms with E-state index in [0.717, 1.165) is 17.2 Å². The van der Waals surface area contributed by atoms with Gasteiger partial charge in [-0.1, -0.05) is 48.9 Å². The summed E-state index contributed by atoms with van der Waals surface area (Å²) in [6.07, 6.45) is 4.09. The molecule has 0 spiro atoms. The van der Waals surface area contributed by atoms with E-state index >= 15 is 0 Å². The Kier molecular flexibility index (Phi) is 2.60. The zero-order chi connectivity index (χ0) is 11.7. The zero-order valence-electron chi connectivity index (χ0n) is 9.89. The Labute approximate surface area is 102 Å². The van der Waals surface area contributed by atoms with Crippen molar-refractivity contribution < 1.29 is 0 Å². The molecule has 0 bridgehead atoms. The highest BCUT2D eigenvalue weighted by atomic mass is 14.6. The second kappa shape index (κ2) is 4.25. The van der Waals surface area contributed by atoms with E-state index in [1.807, 2.05) is 18.2 Å². The zero-order valence-corrected chi connectivity index (χ0v) is 9.89. The largest absolute Gasteiger partial charge is 0.398 e. The van der Waals surface area contributed by atoms with Crippen LogP contribution in [0.3, 0.4) is 0 Å². The molecule has 0 amide bonds. The van der Waals surface area contributed by atoms with Crippen molar-refractivity contribution in [2.45, 2.75) is 25.2 Å². The van der Waals surface area contributed by atoms with Gasteiger partial charge in [-0.05, 0) is 36.0 Å². The number of nitrogens with two attached hydrogens (primary N) is 1. The first-order valence-corrected chi connectivity index (χ1v) is 6.29. The summed E-state index contributed by atoms with van der Waals surface area (Å²) in [6.45, 7) is 0. The summed E-state index contributed by atoms with van der Waals surface area (Å²) in [7, 11) is 0. The monoisotopic (exact) mass is 223 g/mol. The third kappa shape index (κ3) is 1.93. The molecule has 0 radical (unpaired) electrons. The summed E-state index contributed by atoms with van der Waals surface area (Å²) in [5.41, 5.74) is 10.7. The fourth-order valence-corrected chi connectivity index (χ4v) is 2.44. The van der Waals surface area contributed by atoms with E-state index in [1.54, 1.807) is 0 Å². The number of hydrogen-bond acceptors (Lipinski definition) is 1. The van der Waals surface area contributed by atoms with Crippen molar-refractivity contribution in [3.63, 3.8) is 0 Å². The second-order valence-electron chi connectivity index (χ2n) is 4.84. The summed E-state index contributed by atoms with van der Waals surface area (Å²) >= 11 is 0. The maximum atomic E-state index is 5.99. The lowest BCUT2D eigenvalue weighted by Gasteiger charge is -2.25. The van der Waals surface area contributed by atoms with Crippen molar-refractivity contribution in [1.29, 1.82) is 0 Å². The maximum Gasteiger partial charge on any atom is 0.0393 e. The highest BCUT2D eigenvalue weighted by Crippen LogP contribution is 2.37. The van der Waals surface area contributed by atoms with Crippen LogP contribution in [-0.2, 0) is 0 Å². The van der Waals surface area contributed by atoms with Crippen LogP contribution in [0.25, 0.3) is 11.1 Å². The summed E-state index contributed by atoms with van der Waals surface area (Å²) in [6, 6.07) is 16.9. The highest BCUT2D eigenvalue weighted by Gasteiger charge is 2.18.